The van der Waals surface area contributed by atoms with Gasteiger partial charge in [0, 0.05) is 47.2 Å². The first-order chi connectivity index (χ1) is 16.7. The molecule has 186 valence electrons. The summed E-state index contributed by atoms with van der Waals surface area (Å²) in [4.78, 5) is 12.3. The van der Waals surface area contributed by atoms with Crippen molar-refractivity contribution < 1.29 is 20.1 Å². The van der Waals surface area contributed by atoms with Crippen LogP contribution >= 0.6 is 23.2 Å². The Hall–Kier alpha value is -2.77. The minimum atomic E-state index is -0.860. The largest absolute Gasteiger partial charge is 0.508 e. The Bertz CT molecular complexity index is 1120. The summed E-state index contributed by atoms with van der Waals surface area (Å²) in [7, 11) is 0. The van der Waals surface area contributed by atoms with Gasteiger partial charge in [-0.2, -0.15) is 0 Å². The highest BCUT2D eigenvalue weighted by Gasteiger charge is 2.13. The van der Waals surface area contributed by atoms with Gasteiger partial charge in [-0.05, 0) is 60.7 Å². The van der Waals surface area contributed by atoms with E-state index < -0.39 is 6.10 Å². The highest BCUT2D eigenvalue weighted by Crippen LogP contribution is 2.25. The Morgan fingerprint density at radius 2 is 1.57 bits per heavy atom. The number of benzene rings is 3. The van der Waals surface area contributed by atoms with Crippen molar-refractivity contribution in [1.29, 1.82) is 0 Å². The number of halogens is 2. The zero-order valence-corrected chi connectivity index (χ0v) is 21.0. The summed E-state index contributed by atoms with van der Waals surface area (Å²) in [5, 5.41) is 36.8. The molecule has 0 aromatic heterocycles. The molecule has 0 radical (unpaired) electrons. The van der Waals surface area contributed by atoms with Crippen LogP contribution in [0.1, 0.15) is 41.7 Å². The molecule has 0 heterocycles. The number of nitrogens with one attached hydrogen (secondary N) is 2. The Morgan fingerprint density at radius 3 is 2.26 bits per heavy atom. The first kappa shape index (κ1) is 26.8. The molecule has 0 bridgehead atoms. The molecule has 3 rings (SSSR count). The summed E-state index contributed by atoms with van der Waals surface area (Å²) >= 11 is 12.3. The van der Waals surface area contributed by atoms with Crippen molar-refractivity contribution in [3.63, 3.8) is 0 Å². The fourth-order valence-electron chi connectivity index (χ4n) is 3.81. The van der Waals surface area contributed by atoms with E-state index in [2.05, 4.69) is 16.7 Å². The number of aryl methyl sites for hydroxylation is 1. The van der Waals surface area contributed by atoms with Gasteiger partial charge in [0.1, 0.15) is 11.5 Å². The van der Waals surface area contributed by atoms with Crippen molar-refractivity contribution in [2.75, 3.05) is 6.54 Å². The molecule has 6 nitrogen and oxygen atoms in total. The number of aliphatic hydroxyl groups is 1. The van der Waals surface area contributed by atoms with E-state index in [-0.39, 0.29) is 36.5 Å². The lowest BCUT2D eigenvalue weighted by molar-refractivity contribution is -0.121. The molecule has 0 aliphatic carbocycles. The first-order valence-corrected chi connectivity index (χ1v) is 12.2. The quantitative estimate of drug-likeness (QED) is 0.249. The average Bonchev–Trinajstić information content (AvgIpc) is 2.80. The maximum atomic E-state index is 12.3. The second-order valence-electron chi connectivity index (χ2n) is 8.61. The number of hydrogen-bond donors (Lipinski definition) is 5. The highest BCUT2D eigenvalue weighted by molar-refractivity contribution is 6.36. The topological polar surface area (TPSA) is 102 Å². The molecule has 0 aliphatic heterocycles. The lowest BCUT2D eigenvalue weighted by Crippen LogP contribution is -2.32. The number of aliphatic hydroxyl groups excluding tert-OH is 1. The Labute approximate surface area is 215 Å². The number of phenols is 2. The Morgan fingerprint density at radius 1 is 0.943 bits per heavy atom. The SMILES string of the molecule is C[C@H](Cc1cccc(CCC(=O)NCc2c(Cl)cccc2Cl)c1)NC[C@H](O)c1cc(O)cc(O)c1. The van der Waals surface area contributed by atoms with Crippen molar-refractivity contribution >= 4 is 29.1 Å². The molecule has 3 aromatic carbocycles. The van der Waals surface area contributed by atoms with Crippen LogP contribution in [-0.4, -0.2) is 33.8 Å². The van der Waals surface area contributed by atoms with E-state index in [1.165, 1.54) is 18.2 Å². The van der Waals surface area contributed by atoms with Crippen LogP contribution in [-0.2, 0) is 24.2 Å². The van der Waals surface area contributed by atoms with Crippen molar-refractivity contribution in [2.24, 2.45) is 0 Å². The number of amides is 1. The van der Waals surface area contributed by atoms with Crippen LogP contribution in [0.5, 0.6) is 11.5 Å². The minimum absolute atomic E-state index is 0.0756. The van der Waals surface area contributed by atoms with E-state index in [1.807, 2.05) is 25.1 Å². The summed E-state index contributed by atoms with van der Waals surface area (Å²) in [5.41, 5.74) is 3.34. The van der Waals surface area contributed by atoms with Gasteiger partial charge >= 0.3 is 0 Å². The molecule has 0 saturated heterocycles. The summed E-state index contributed by atoms with van der Waals surface area (Å²) in [5.74, 6) is -0.260. The van der Waals surface area contributed by atoms with Crippen molar-refractivity contribution in [1.82, 2.24) is 10.6 Å². The fraction of sp³-hybridized carbons (Fsp3) is 0.296. The van der Waals surface area contributed by atoms with Crippen LogP contribution in [0.2, 0.25) is 10.0 Å². The van der Waals surface area contributed by atoms with Gasteiger partial charge in [0.2, 0.25) is 5.91 Å². The van der Waals surface area contributed by atoms with Crippen molar-refractivity contribution in [3.8, 4) is 11.5 Å². The van der Waals surface area contributed by atoms with Crippen molar-refractivity contribution in [3.05, 3.63) is 93.0 Å². The zero-order valence-electron chi connectivity index (χ0n) is 19.5. The maximum Gasteiger partial charge on any atom is 0.220 e. The van der Waals surface area contributed by atoms with Crippen LogP contribution in [0.4, 0.5) is 0 Å². The normalized spacial score (nSPS) is 12.8. The molecular weight excluding hydrogens is 487 g/mol. The number of rotatable bonds is 11. The van der Waals surface area contributed by atoms with Gasteiger partial charge in [-0.3, -0.25) is 4.79 Å². The van der Waals surface area contributed by atoms with E-state index in [0.717, 1.165) is 17.5 Å². The van der Waals surface area contributed by atoms with Gasteiger partial charge in [0.15, 0.2) is 0 Å². The Balaban J connectivity index is 1.45. The van der Waals surface area contributed by atoms with E-state index >= 15 is 0 Å². The van der Waals surface area contributed by atoms with Crippen LogP contribution < -0.4 is 10.6 Å². The van der Waals surface area contributed by atoms with E-state index in [4.69, 9.17) is 23.2 Å². The van der Waals surface area contributed by atoms with Gasteiger partial charge in [-0.25, -0.2) is 0 Å². The summed E-state index contributed by atoms with van der Waals surface area (Å²) < 4.78 is 0. The molecule has 0 saturated carbocycles. The molecule has 0 spiro atoms. The van der Waals surface area contributed by atoms with E-state index in [9.17, 15) is 20.1 Å². The van der Waals surface area contributed by atoms with Gasteiger partial charge in [-0.15, -0.1) is 0 Å². The summed E-state index contributed by atoms with van der Waals surface area (Å²) in [6, 6.07) is 17.5. The van der Waals surface area contributed by atoms with Gasteiger partial charge in [0.25, 0.3) is 0 Å². The molecule has 0 unspecified atom stereocenters. The molecule has 0 aliphatic rings. The minimum Gasteiger partial charge on any atom is -0.508 e. The lowest BCUT2D eigenvalue weighted by Gasteiger charge is -2.18. The lowest BCUT2D eigenvalue weighted by atomic mass is 10.0. The van der Waals surface area contributed by atoms with Crippen molar-refractivity contribution in [2.45, 2.75) is 44.9 Å². The first-order valence-electron chi connectivity index (χ1n) is 11.4. The number of carbonyl (C=O) groups excluding carboxylic acids is 1. The monoisotopic (exact) mass is 516 g/mol. The zero-order chi connectivity index (χ0) is 25.4. The summed E-state index contributed by atoms with van der Waals surface area (Å²) in [6.45, 7) is 2.58. The maximum absolute atomic E-state index is 12.3. The predicted molar refractivity (Wildman–Crippen MR) is 139 cm³/mol. The van der Waals surface area contributed by atoms with E-state index in [1.54, 1.807) is 18.2 Å². The number of aromatic hydroxyl groups is 2. The van der Waals surface area contributed by atoms with Gasteiger partial charge in [0.05, 0.1) is 6.10 Å². The fourth-order valence-corrected chi connectivity index (χ4v) is 4.34. The molecule has 2 atom stereocenters. The number of carbonyl (C=O) groups is 1. The molecule has 5 N–H and O–H groups in total. The molecule has 1 amide bonds. The smallest absolute Gasteiger partial charge is 0.220 e. The third kappa shape index (κ3) is 8.44. The van der Waals surface area contributed by atoms with E-state index in [0.29, 0.717) is 34.0 Å². The second kappa shape index (κ2) is 12.8. The van der Waals surface area contributed by atoms with Crippen LogP contribution in [0.15, 0.2) is 60.7 Å². The standard InChI is InChI=1S/C27H30Cl2N2O4/c1-17(30-16-26(34)20-12-21(32)14-22(33)13-20)10-19-5-2-4-18(11-19)8-9-27(35)31-15-23-24(28)6-3-7-25(23)29/h2-7,11-14,17,26,30,32-34H,8-10,15-16H2,1H3,(H,31,35)/t17-,26+/m1/s1. The van der Waals surface area contributed by atoms with Crippen LogP contribution in [0, 0.1) is 0 Å². The third-order valence-electron chi connectivity index (χ3n) is 5.67. The second-order valence-corrected chi connectivity index (χ2v) is 9.42. The predicted octanol–water partition coefficient (Wildman–Crippen LogP) is 4.91. The third-order valence-corrected chi connectivity index (χ3v) is 6.38. The molecule has 0 fully saturated rings. The van der Waals surface area contributed by atoms with Gasteiger partial charge in [-0.1, -0.05) is 53.5 Å². The van der Waals surface area contributed by atoms with Crippen LogP contribution in [0.25, 0.3) is 0 Å². The molecular formula is C27H30Cl2N2O4. The highest BCUT2D eigenvalue weighted by atomic mass is 35.5. The summed E-state index contributed by atoms with van der Waals surface area (Å²) in [6.07, 6.45) is 0.837. The average molecular weight is 517 g/mol. The molecule has 35 heavy (non-hydrogen) atoms. The number of hydrogen-bond acceptors (Lipinski definition) is 5. The molecule has 8 heteroatoms. The Kier molecular flexibility index (Phi) is 9.81. The van der Waals surface area contributed by atoms with Gasteiger partial charge < -0.3 is 26.0 Å². The number of phenolic OH excluding ortho intramolecular Hbond substituents is 2. The molecule has 3 aromatic rings. The van der Waals surface area contributed by atoms with Crippen LogP contribution in [0.3, 0.4) is 0 Å².